The van der Waals surface area contributed by atoms with Gasteiger partial charge in [0.25, 0.3) is 5.91 Å². The van der Waals surface area contributed by atoms with E-state index < -0.39 is 5.82 Å². The average Bonchev–Trinajstić information content (AvgIpc) is 3.15. The van der Waals surface area contributed by atoms with Gasteiger partial charge in [0.1, 0.15) is 15.9 Å². The number of nitrogens with one attached hydrogen (secondary N) is 1. The maximum absolute atomic E-state index is 13.1. The lowest BCUT2D eigenvalue weighted by molar-refractivity contribution is -0.122. The first kappa shape index (κ1) is 17.4. The quantitative estimate of drug-likeness (QED) is 0.638. The van der Waals surface area contributed by atoms with Crippen molar-refractivity contribution in [2.75, 3.05) is 11.9 Å². The number of nitrogens with zero attached hydrogens (tertiary/aromatic N) is 1. The van der Waals surface area contributed by atoms with Crippen molar-refractivity contribution < 1.29 is 18.4 Å². The van der Waals surface area contributed by atoms with E-state index in [0.29, 0.717) is 20.7 Å². The zero-order valence-corrected chi connectivity index (χ0v) is 14.5. The molecule has 5 nitrogen and oxygen atoms in total. The van der Waals surface area contributed by atoms with Crippen LogP contribution < -0.4 is 5.32 Å². The van der Waals surface area contributed by atoms with Gasteiger partial charge in [-0.25, -0.2) is 4.39 Å². The summed E-state index contributed by atoms with van der Waals surface area (Å²) in [5.41, 5.74) is 0.369. The van der Waals surface area contributed by atoms with Gasteiger partial charge in [-0.05, 0) is 30.3 Å². The minimum absolute atomic E-state index is 0.0526. The summed E-state index contributed by atoms with van der Waals surface area (Å²) in [6.45, 7) is 0.154. The molecule has 0 atom stereocenters. The number of carbonyl (C=O) groups excluding carboxylic acids is 2. The molecule has 1 aliphatic rings. The molecular weight excluding hydrogens is 363 g/mol. The molecule has 0 bridgehead atoms. The number of thiocarbonyl (C=S) groups is 1. The summed E-state index contributed by atoms with van der Waals surface area (Å²) >= 11 is 6.37. The summed E-state index contributed by atoms with van der Waals surface area (Å²) in [6, 6.07) is 9.08. The average molecular weight is 376 g/mol. The first-order valence-corrected chi connectivity index (χ1v) is 8.60. The number of hydrogen-bond donors (Lipinski definition) is 1. The van der Waals surface area contributed by atoms with Crippen LogP contribution in [0.5, 0.6) is 0 Å². The summed E-state index contributed by atoms with van der Waals surface area (Å²) in [6.07, 6.45) is 3.19. The maximum atomic E-state index is 13.1. The highest BCUT2D eigenvalue weighted by molar-refractivity contribution is 8.26. The Morgan fingerprint density at radius 1 is 1.36 bits per heavy atom. The van der Waals surface area contributed by atoms with Crippen molar-refractivity contribution in [3.05, 3.63) is 59.1 Å². The SMILES string of the molecule is O=C(CCN1C(=O)C(=Cc2ccco2)SC1=S)Nc1cccc(F)c1. The normalized spacial score (nSPS) is 15.9. The molecule has 0 unspecified atom stereocenters. The van der Waals surface area contributed by atoms with E-state index in [2.05, 4.69) is 5.32 Å². The summed E-state index contributed by atoms with van der Waals surface area (Å²) in [7, 11) is 0. The molecule has 8 heteroatoms. The second-order valence-electron chi connectivity index (χ2n) is 5.16. The molecule has 1 N–H and O–H groups in total. The Morgan fingerprint density at radius 2 is 2.20 bits per heavy atom. The molecule has 1 aromatic carbocycles. The highest BCUT2D eigenvalue weighted by Crippen LogP contribution is 2.32. The van der Waals surface area contributed by atoms with Gasteiger partial charge < -0.3 is 9.73 Å². The van der Waals surface area contributed by atoms with Crippen molar-refractivity contribution in [2.24, 2.45) is 0 Å². The molecule has 3 rings (SSSR count). The molecule has 25 heavy (non-hydrogen) atoms. The van der Waals surface area contributed by atoms with Crippen molar-refractivity contribution in [3.63, 3.8) is 0 Å². The predicted molar refractivity (Wildman–Crippen MR) is 98.2 cm³/mol. The Morgan fingerprint density at radius 3 is 2.92 bits per heavy atom. The van der Waals surface area contributed by atoms with Crippen LogP contribution in [0.2, 0.25) is 0 Å². The molecule has 1 fully saturated rings. The molecule has 0 spiro atoms. The molecule has 128 valence electrons. The molecule has 1 aromatic heterocycles. The van der Waals surface area contributed by atoms with E-state index in [9.17, 15) is 14.0 Å². The molecular formula is C17H13FN2O3S2. The molecule has 2 heterocycles. The fourth-order valence-corrected chi connectivity index (χ4v) is 3.49. The van der Waals surface area contributed by atoms with Crippen molar-refractivity contribution >= 4 is 51.9 Å². The van der Waals surface area contributed by atoms with Crippen molar-refractivity contribution in [1.82, 2.24) is 4.90 Å². The highest BCUT2D eigenvalue weighted by atomic mass is 32.2. The topological polar surface area (TPSA) is 62.6 Å². The number of halogens is 1. The Labute approximate surface area is 152 Å². The van der Waals surface area contributed by atoms with Crippen molar-refractivity contribution in [2.45, 2.75) is 6.42 Å². The minimum Gasteiger partial charge on any atom is -0.465 e. The van der Waals surface area contributed by atoms with E-state index in [4.69, 9.17) is 16.6 Å². The Hall–Kier alpha value is -2.45. The standard InChI is InChI=1S/C17H13FN2O3S2/c18-11-3-1-4-12(9-11)19-15(21)6-7-20-16(22)14(25-17(20)24)10-13-5-2-8-23-13/h1-5,8-10H,6-7H2,(H,19,21). The van der Waals surface area contributed by atoms with Gasteiger partial charge in [0.15, 0.2) is 0 Å². The Bertz CT molecular complexity index is 849. The van der Waals surface area contributed by atoms with Gasteiger partial charge in [-0.2, -0.15) is 0 Å². The van der Waals surface area contributed by atoms with Gasteiger partial charge in [0.05, 0.1) is 11.2 Å². The van der Waals surface area contributed by atoms with Crippen LogP contribution in [-0.4, -0.2) is 27.6 Å². The fourth-order valence-electron chi connectivity index (χ4n) is 2.20. The van der Waals surface area contributed by atoms with Gasteiger partial charge in [0, 0.05) is 24.7 Å². The lowest BCUT2D eigenvalue weighted by Crippen LogP contribution is -2.31. The van der Waals surface area contributed by atoms with E-state index in [0.717, 1.165) is 0 Å². The van der Waals surface area contributed by atoms with Crippen molar-refractivity contribution in [3.8, 4) is 0 Å². The fraction of sp³-hybridized carbons (Fsp3) is 0.118. The maximum Gasteiger partial charge on any atom is 0.266 e. The van der Waals surface area contributed by atoms with E-state index in [-0.39, 0.29) is 24.8 Å². The Balaban J connectivity index is 1.58. The summed E-state index contributed by atoms with van der Waals surface area (Å²) in [4.78, 5) is 26.2. The highest BCUT2D eigenvalue weighted by Gasteiger charge is 2.32. The zero-order chi connectivity index (χ0) is 17.8. The lowest BCUT2D eigenvalue weighted by atomic mass is 10.3. The number of rotatable bonds is 5. The number of furan rings is 1. The first-order chi connectivity index (χ1) is 12.0. The van der Waals surface area contributed by atoms with Crippen LogP contribution in [0, 0.1) is 5.82 Å². The van der Waals surface area contributed by atoms with Crippen molar-refractivity contribution in [1.29, 1.82) is 0 Å². The molecule has 0 saturated carbocycles. The summed E-state index contributed by atoms with van der Waals surface area (Å²) in [5.74, 6) is -0.457. The molecule has 1 saturated heterocycles. The lowest BCUT2D eigenvalue weighted by Gasteiger charge is -2.14. The summed E-state index contributed by atoms with van der Waals surface area (Å²) < 4.78 is 18.7. The smallest absolute Gasteiger partial charge is 0.266 e. The van der Waals surface area contributed by atoms with Gasteiger partial charge in [-0.3, -0.25) is 14.5 Å². The molecule has 1 aliphatic heterocycles. The monoisotopic (exact) mass is 376 g/mol. The third kappa shape index (κ3) is 4.34. The van der Waals surface area contributed by atoms with Crippen LogP contribution in [0.15, 0.2) is 52.0 Å². The van der Waals surface area contributed by atoms with Crippen LogP contribution in [0.4, 0.5) is 10.1 Å². The number of thioether (sulfide) groups is 1. The zero-order valence-electron chi connectivity index (χ0n) is 12.9. The van der Waals surface area contributed by atoms with Crippen LogP contribution in [0.3, 0.4) is 0 Å². The second-order valence-corrected chi connectivity index (χ2v) is 6.83. The van der Waals surface area contributed by atoms with Crippen LogP contribution in [0.1, 0.15) is 12.2 Å². The van der Waals surface area contributed by atoms with Gasteiger partial charge in [0.2, 0.25) is 5.91 Å². The Kier molecular flexibility index (Phi) is 5.30. The molecule has 0 radical (unpaired) electrons. The van der Waals surface area contributed by atoms with E-state index in [1.165, 1.54) is 41.1 Å². The largest absolute Gasteiger partial charge is 0.465 e. The van der Waals surface area contributed by atoms with Crippen LogP contribution in [-0.2, 0) is 9.59 Å². The molecule has 0 aliphatic carbocycles. The van der Waals surface area contributed by atoms with E-state index in [1.54, 1.807) is 24.3 Å². The van der Waals surface area contributed by atoms with Gasteiger partial charge in [-0.15, -0.1) is 0 Å². The summed E-state index contributed by atoms with van der Waals surface area (Å²) in [5, 5.41) is 2.59. The number of carbonyl (C=O) groups is 2. The minimum atomic E-state index is -0.433. The third-order valence-electron chi connectivity index (χ3n) is 3.36. The molecule has 2 aromatic rings. The number of amides is 2. The van der Waals surface area contributed by atoms with Gasteiger partial charge >= 0.3 is 0 Å². The number of anilines is 1. The first-order valence-electron chi connectivity index (χ1n) is 7.37. The third-order valence-corrected chi connectivity index (χ3v) is 4.74. The number of hydrogen-bond acceptors (Lipinski definition) is 5. The van der Waals surface area contributed by atoms with E-state index in [1.807, 2.05) is 0 Å². The predicted octanol–water partition coefficient (Wildman–Crippen LogP) is 3.65. The van der Waals surface area contributed by atoms with Gasteiger partial charge in [-0.1, -0.05) is 30.0 Å². The van der Waals surface area contributed by atoms with Crippen LogP contribution >= 0.6 is 24.0 Å². The molecule has 2 amide bonds. The number of benzene rings is 1. The second kappa shape index (κ2) is 7.62. The van der Waals surface area contributed by atoms with E-state index >= 15 is 0 Å². The van der Waals surface area contributed by atoms with Crippen LogP contribution in [0.25, 0.3) is 6.08 Å².